The lowest BCUT2D eigenvalue weighted by atomic mass is 10.1. The largest absolute Gasteiger partial charge is 0.493 e. The second-order valence-corrected chi connectivity index (χ2v) is 6.01. The van der Waals surface area contributed by atoms with E-state index in [9.17, 15) is 4.79 Å². The molecular weight excluding hydrogens is 332 g/mol. The molecule has 0 spiro atoms. The van der Waals surface area contributed by atoms with Crippen LogP contribution in [-0.2, 0) is 0 Å². The highest BCUT2D eigenvalue weighted by Gasteiger charge is 2.19. The second-order valence-electron chi connectivity index (χ2n) is 6.01. The molecule has 0 radical (unpaired) electrons. The molecule has 2 aromatic carbocycles. The summed E-state index contributed by atoms with van der Waals surface area (Å²) in [4.78, 5) is 14.7. The number of nitrogens with one attached hydrogen (secondary N) is 1. The van der Waals surface area contributed by atoms with Crippen LogP contribution in [0.4, 0.5) is 0 Å². The summed E-state index contributed by atoms with van der Waals surface area (Å²) < 4.78 is 15.9. The maximum atomic E-state index is 12.7. The molecule has 0 aliphatic carbocycles. The van der Waals surface area contributed by atoms with E-state index >= 15 is 0 Å². The third kappa shape index (κ3) is 4.46. The van der Waals surface area contributed by atoms with Crippen LogP contribution < -0.4 is 19.5 Å². The van der Waals surface area contributed by atoms with Gasteiger partial charge in [-0.25, -0.2) is 0 Å². The van der Waals surface area contributed by atoms with E-state index in [2.05, 4.69) is 22.3 Å². The van der Waals surface area contributed by atoms with Crippen LogP contribution in [0.15, 0.2) is 42.5 Å². The quantitative estimate of drug-likeness (QED) is 0.786. The molecule has 1 unspecified atom stereocenters. The van der Waals surface area contributed by atoms with E-state index in [4.69, 9.17) is 14.2 Å². The fourth-order valence-corrected chi connectivity index (χ4v) is 2.78. The Morgan fingerprint density at radius 3 is 2.04 bits per heavy atom. The Labute approximate surface area is 154 Å². The zero-order valence-electron chi connectivity index (χ0n) is 15.9. The molecule has 26 heavy (non-hydrogen) atoms. The van der Waals surface area contributed by atoms with Gasteiger partial charge in [-0.3, -0.25) is 4.79 Å². The number of ether oxygens (including phenoxy) is 3. The molecular formula is C20H26N2O4. The van der Waals surface area contributed by atoms with Gasteiger partial charge in [-0.05, 0) is 31.8 Å². The molecule has 0 heterocycles. The monoisotopic (exact) mass is 358 g/mol. The number of hydrogen-bond acceptors (Lipinski definition) is 5. The molecule has 6 heteroatoms. The third-order valence-electron chi connectivity index (χ3n) is 4.19. The lowest BCUT2D eigenvalue weighted by molar-refractivity contribution is 0.0941. The number of rotatable bonds is 8. The van der Waals surface area contributed by atoms with Crippen molar-refractivity contribution in [1.29, 1.82) is 0 Å². The van der Waals surface area contributed by atoms with Crippen molar-refractivity contribution in [3.8, 4) is 17.2 Å². The first kappa shape index (κ1) is 19.6. The zero-order valence-corrected chi connectivity index (χ0v) is 15.9. The van der Waals surface area contributed by atoms with E-state index in [1.165, 1.54) is 21.3 Å². The number of nitrogens with zero attached hydrogens (tertiary/aromatic N) is 1. The highest BCUT2D eigenvalue weighted by molar-refractivity contribution is 5.95. The van der Waals surface area contributed by atoms with Gasteiger partial charge in [0, 0.05) is 12.1 Å². The fourth-order valence-electron chi connectivity index (χ4n) is 2.78. The van der Waals surface area contributed by atoms with Crippen LogP contribution in [0.1, 0.15) is 22.0 Å². The van der Waals surface area contributed by atoms with E-state index in [1.54, 1.807) is 12.1 Å². The highest BCUT2D eigenvalue weighted by Crippen LogP contribution is 2.38. The first-order valence-electron chi connectivity index (χ1n) is 8.31. The number of amides is 1. The minimum atomic E-state index is -0.202. The van der Waals surface area contributed by atoms with Gasteiger partial charge < -0.3 is 24.4 Å². The van der Waals surface area contributed by atoms with Gasteiger partial charge in [0.1, 0.15) is 0 Å². The summed E-state index contributed by atoms with van der Waals surface area (Å²) in [7, 11) is 8.56. The van der Waals surface area contributed by atoms with Crippen LogP contribution in [0.2, 0.25) is 0 Å². The average Bonchev–Trinajstić information content (AvgIpc) is 2.67. The summed E-state index contributed by atoms with van der Waals surface area (Å²) in [6.45, 7) is 0.479. The standard InChI is InChI=1S/C20H26N2O4/c1-22(2)16(14-9-7-6-8-10-14)13-21-20(23)15-11-17(24-3)19(26-5)18(12-15)25-4/h6-12,16H,13H2,1-5H3,(H,21,23). The molecule has 1 amide bonds. The van der Waals surface area contributed by atoms with Gasteiger partial charge in [-0.1, -0.05) is 30.3 Å². The van der Waals surface area contributed by atoms with Crippen molar-refractivity contribution < 1.29 is 19.0 Å². The number of methoxy groups -OCH3 is 3. The lowest BCUT2D eigenvalue weighted by Gasteiger charge is -2.25. The SMILES string of the molecule is COc1cc(C(=O)NCC(c2ccccc2)N(C)C)cc(OC)c1OC. The molecule has 2 aromatic rings. The number of carbonyl (C=O) groups is 1. The molecule has 1 atom stereocenters. The maximum absolute atomic E-state index is 12.7. The second kappa shape index (κ2) is 9.10. The van der Waals surface area contributed by atoms with E-state index in [-0.39, 0.29) is 11.9 Å². The molecule has 0 aliphatic heterocycles. The van der Waals surface area contributed by atoms with Gasteiger partial charge in [0.05, 0.1) is 27.4 Å². The molecule has 6 nitrogen and oxygen atoms in total. The van der Waals surface area contributed by atoms with E-state index in [0.29, 0.717) is 29.4 Å². The topological polar surface area (TPSA) is 60.0 Å². The third-order valence-corrected chi connectivity index (χ3v) is 4.19. The summed E-state index contributed by atoms with van der Waals surface area (Å²) in [6, 6.07) is 13.4. The van der Waals surface area contributed by atoms with Crippen molar-refractivity contribution in [3.63, 3.8) is 0 Å². The minimum absolute atomic E-state index is 0.0715. The Morgan fingerprint density at radius 1 is 1.00 bits per heavy atom. The minimum Gasteiger partial charge on any atom is -0.493 e. The Morgan fingerprint density at radius 2 is 1.58 bits per heavy atom. The van der Waals surface area contributed by atoms with E-state index in [1.807, 2.05) is 32.3 Å². The first-order chi connectivity index (χ1) is 12.5. The molecule has 140 valence electrons. The van der Waals surface area contributed by atoms with Gasteiger partial charge in [-0.2, -0.15) is 0 Å². The van der Waals surface area contributed by atoms with Crippen molar-refractivity contribution in [2.45, 2.75) is 6.04 Å². The normalized spacial score (nSPS) is 11.8. The van der Waals surface area contributed by atoms with Crippen LogP contribution in [0.5, 0.6) is 17.2 Å². The Hall–Kier alpha value is -2.73. The number of hydrogen-bond donors (Lipinski definition) is 1. The fraction of sp³-hybridized carbons (Fsp3) is 0.350. The molecule has 0 saturated heterocycles. The Bertz CT molecular complexity index is 707. The van der Waals surface area contributed by atoms with Gasteiger partial charge in [0.15, 0.2) is 11.5 Å². The van der Waals surface area contributed by atoms with Gasteiger partial charge >= 0.3 is 0 Å². The Kier molecular flexibility index (Phi) is 6.86. The van der Waals surface area contributed by atoms with Gasteiger partial charge in [0.2, 0.25) is 5.75 Å². The summed E-state index contributed by atoms with van der Waals surface area (Å²) in [5, 5.41) is 2.99. The molecule has 0 bridgehead atoms. The van der Waals surface area contributed by atoms with Crippen LogP contribution in [0, 0.1) is 0 Å². The van der Waals surface area contributed by atoms with E-state index < -0.39 is 0 Å². The number of carbonyl (C=O) groups excluding carboxylic acids is 1. The van der Waals surface area contributed by atoms with Gasteiger partial charge in [-0.15, -0.1) is 0 Å². The predicted molar refractivity (Wildman–Crippen MR) is 101 cm³/mol. The Balaban J connectivity index is 2.19. The van der Waals surface area contributed by atoms with Crippen molar-refractivity contribution in [2.75, 3.05) is 42.0 Å². The predicted octanol–water partition coefficient (Wildman–Crippen LogP) is 2.75. The molecule has 0 aliphatic rings. The van der Waals surface area contributed by atoms with E-state index in [0.717, 1.165) is 5.56 Å². The van der Waals surface area contributed by atoms with Crippen molar-refractivity contribution >= 4 is 5.91 Å². The molecule has 2 rings (SSSR count). The lowest BCUT2D eigenvalue weighted by Crippen LogP contribution is -2.34. The highest BCUT2D eigenvalue weighted by atomic mass is 16.5. The first-order valence-corrected chi connectivity index (χ1v) is 8.31. The average molecular weight is 358 g/mol. The molecule has 0 saturated carbocycles. The number of benzene rings is 2. The van der Waals surface area contributed by atoms with Gasteiger partial charge in [0.25, 0.3) is 5.91 Å². The summed E-state index contributed by atoms with van der Waals surface area (Å²) in [6.07, 6.45) is 0. The number of likely N-dealkylation sites (N-methyl/N-ethyl adjacent to an activating group) is 1. The van der Waals surface area contributed by atoms with Crippen molar-refractivity contribution in [2.24, 2.45) is 0 Å². The summed E-state index contributed by atoms with van der Waals surface area (Å²) >= 11 is 0. The zero-order chi connectivity index (χ0) is 19.1. The van der Waals surface area contributed by atoms with Crippen LogP contribution >= 0.6 is 0 Å². The molecule has 0 fully saturated rings. The maximum Gasteiger partial charge on any atom is 0.251 e. The van der Waals surface area contributed by atoms with Crippen molar-refractivity contribution in [1.82, 2.24) is 10.2 Å². The van der Waals surface area contributed by atoms with Crippen molar-refractivity contribution in [3.05, 3.63) is 53.6 Å². The van der Waals surface area contributed by atoms with Crippen LogP contribution in [-0.4, -0.2) is 52.8 Å². The smallest absolute Gasteiger partial charge is 0.251 e. The van der Waals surface area contributed by atoms with Crippen LogP contribution in [0.25, 0.3) is 0 Å². The molecule has 1 N–H and O–H groups in total. The molecule has 0 aromatic heterocycles. The summed E-state index contributed by atoms with van der Waals surface area (Å²) in [5.41, 5.74) is 1.59. The van der Waals surface area contributed by atoms with Crippen LogP contribution in [0.3, 0.4) is 0 Å². The summed E-state index contributed by atoms with van der Waals surface area (Å²) in [5.74, 6) is 1.16.